The average Bonchev–Trinajstić information content (AvgIpc) is 2.89. The molecule has 0 bridgehead atoms. The van der Waals surface area contributed by atoms with Crippen LogP contribution in [0.15, 0.2) is 18.2 Å². The number of nitrogens with two attached hydrogens (primary N) is 1. The van der Waals surface area contributed by atoms with Crippen LogP contribution in [-0.2, 0) is 4.79 Å². The van der Waals surface area contributed by atoms with Crippen LogP contribution in [0, 0.1) is 0 Å². The number of amides is 2. The molecule has 7 nitrogen and oxygen atoms in total. The van der Waals surface area contributed by atoms with Gasteiger partial charge >= 0.3 is 0 Å². The molecule has 1 aliphatic heterocycles. The van der Waals surface area contributed by atoms with Crippen LogP contribution in [0.1, 0.15) is 23.8 Å². The van der Waals surface area contributed by atoms with Crippen molar-refractivity contribution >= 4 is 28.4 Å². The molecule has 1 aromatic carbocycles. The van der Waals surface area contributed by atoms with Crippen LogP contribution in [0.4, 0.5) is 5.69 Å². The molecule has 1 saturated heterocycles. The minimum atomic E-state index is -0.445. The predicted molar refractivity (Wildman–Crippen MR) is 78.6 cm³/mol. The summed E-state index contributed by atoms with van der Waals surface area (Å²) in [5.74, 6) is -0.356. The maximum absolute atomic E-state index is 12.7. The number of piperazine rings is 1. The Hall–Kier alpha value is -2.57. The van der Waals surface area contributed by atoms with E-state index in [0.717, 1.165) is 5.52 Å². The van der Waals surface area contributed by atoms with E-state index < -0.39 is 6.04 Å². The van der Waals surface area contributed by atoms with Crippen molar-refractivity contribution in [1.29, 1.82) is 0 Å². The van der Waals surface area contributed by atoms with E-state index in [0.29, 0.717) is 36.3 Å². The van der Waals surface area contributed by atoms with Crippen LogP contribution in [0.3, 0.4) is 0 Å². The zero-order valence-electron chi connectivity index (χ0n) is 11.7. The van der Waals surface area contributed by atoms with E-state index in [2.05, 4.69) is 15.5 Å². The molecule has 1 unspecified atom stereocenters. The topological polar surface area (TPSA) is 104 Å². The van der Waals surface area contributed by atoms with E-state index in [1.807, 2.05) is 6.92 Å². The van der Waals surface area contributed by atoms with Crippen LogP contribution in [-0.4, -0.2) is 46.0 Å². The minimum absolute atomic E-state index is 0.114. The summed E-state index contributed by atoms with van der Waals surface area (Å²) in [7, 11) is 0. The number of nitrogen functional groups attached to an aromatic ring is 1. The van der Waals surface area contributed by atoms with Crippen molar-refractivity contribution in [2.45, 2.75) is 19.4 Å². The number of fused-ring (bicyclic) bond motifs is 1. The fourth-order valence-corrected chi connectivity index (χ4v) is 2.69. The molecule has 4 N–H and O–H groups in total. The Bertz CT molecular complexity index is 708. The average molecular weight is 287 g/mol. The Morgan fingerprint density at radius 3 is 3.10 bits per heavy atom. The number of aromatic nitrogens is 2. The number of nitrogens with one attached hydrogen (secondary N) is 2. The summed E-state index contributed by atoms with van der Waals surface area (Å²) in [6.07, 6.45) is 0.571. The Balaban J connectivity index is 1.99. The van der Waals surface area contributed by atoms with Crippen molar-refractivity contribution in [2.75, 3.05) is 18.8 Å². The molecule has 7 heteroatoms. The SMILES string of the molecule is CCC1C(=O)NCCN1C(=O)c1n[nH]c2ccc(N)cc12. The Morgan fingerprint density at radius 2 is 2.33 bits per heavy atom. The van der Waals surface area contributed by atoms with E-state index in [-0.39, 0.29) is 11.8 Å². The smallest absolute Gasteiger partial charge is 0.275 e. The second kappa shape index (κ2) is 5.08. The second-order valence-electron chi connectivity index (χ2n) is 5.09. The van der Waals surface area contributed by atoms with Gasteiger partial charge in [-0.15, -0.1) is 0 Å². The molecule has 1 aliphatic rings. The number of rotatable bonds is 2. The van der Waals surface area contributed by atoms with Gasteiger partial charge in [0, 0.05) is 24.2 Å². The molecule has 21 heavy (non-hydrogen) atoms. The first kappa shape index (κ1) is 13.4. The molecule has 3 rings (SSSR count). The van der Waals surface area contributed by atoms with Crippen molar-refractivity contribution in [3.63, 3.8) is 0 Å². The maximum atomic E-state index is 12.7. The predicted octanol–water partition coefficient (Wildman–Crippen LogP) is 0.496. The highest BCUT2D eigenvalue weighted by molar-refractivity contribution is 6.06. The number of anilines is 1. The lowest BCUT2D eigenvalue weighted by Gasteiger charge is -2.34. The van der Waals surface area contributed by atoms with E-state index in [1.165, 1.54) is 0 Å². The molecule has 0 spiro atoms. The zero-order valence-corrected chi connectivity index (χ0v) is 11.7. The Labute approximate surface area is 121 Å². The quantitative estimate of drug-likeness (QED) is 0.699. The molecule has 0 radical (unpaired) electrons. The summed E-state index contributed by atoms with van der Waals surface area (Å²) in [5, 5.41) is 10.4. The number of nitrogens with zero attached hydrogens (tertiary/aromatic N) is 2. The molecule has 110 valence electrons. The third-order valence-electron chi connectivity index (χ3n) is 3.77. The van der Waals surface area contributed by atoms with Crippen LogP contribution < -0.4 is 11.1 Å². The molecular weight excluding hydrogens is 270 g/mol. The highest BCUT2D eigenvalue weighted by Crippen LogP contribution is 2.22. The molecule has 1 fully saturated rings. The van der Waals surface area contributed by atoms with Crippen LogP contribution in [0.25, 0.3) is 10.9 Å². The summed E-state index contributed by atoms with van der Waals surface area (Å²) in [6, 6.07) is 4.81. The van der Waals surface area contributed by atoms with Crippen molar-refractivity contribution in [3.8, 4) is 0 Å². The van der Waals surface area contributed by atoms with E-state index in [4.69, 9.17) is 5.73 Å². The highest BCUT2D eigenvalue weighted by Gasteiger charge is 2.33. The molecule has 1 aromatic heterocycles. The maximum Gasteiger partial charge on any atom is 0.275 e. The molecule has 1 atom stereocenters. The third-order valence-corrected chi connectivity index (χ3v) is 3.77. The minimum Gasteiger partial charge on any atom is -0.399 e. The highest BCUT2D eigenvalue weighted by atomic mass is 16.2. The number of H-pyrrole nitrogens is 1. The summed E-state index contributed by atoms with van der Waals surface area (Å²) in [4.78, 5) is 26.2. The van der Waals surface area contributed by atoms with E-state index in [1.54, 1.807) is 23.1 Å². The standard InChI is InChI=1S/C14H17N5O2/c1-2-11-13(20)16-5-6-19(11)14(21)12-9-7-8(15)3-4-10(9)17-18-12/h3-4,7,11H,2,5-6,15H2,1H3,(H,16,20)(H,17,18). The zero-order chi connectivity index (χ0) is 15.0. The van der Waals surface area contributed by atoms with Gasteiger partial charge in [-0.25, -0.2) is 0 Å². The first-order valence-corrected chi connectivity index (χ1v) is 6.94. The van der Waals surface area contributed by atoms with Gasteiger partial charge in [0.05, 0.1) is 5.52 Å². The molecule has 2 aromatic rings. The number of benzene rings is 1. The lowest BCUT2D eigenvalue weighted by molar-refractivity contribution is -0.127. The van der Waals surface area contributed by atoms with Gasteiger partial charge < -0.3 is 16.0 Å². The third kappa shape index (κ3) is 2.20. The number of aromatic amines is 1. The summed E-state index contributed by atoms with van der Waals surface area (Å²) in [6.45, 7) is 2.84. The van der Waals surface area contributed by atoms with E-state index in [9.17, 15) is 9.59 Å². The largest absolute Gasteiger partial charge is 0.399 e. The van der Waals surface area contributed by atoms with Crippen molar-refractivity contribution in [1.82, 2.24) is 20.4 Å². The molecule has 0 aliphatic carbocycles. The summed E-state index contributed by atoms with van der Waals surface area (Å²) in [5.41, 5.74) is 7.41. The summed E-state index contributed by atoms with van der Waals surface area (Å²) >= 11 is 0. The Morgan fingerprint density at radius 1 is 1.52 bits per heavy atom. The lowest BCUT2D eigenvalue weighted by Crippen LogP contribution is -2.57. The molecular formula is C14H17N5O2. The summed E-state index contributed by atoms with van der Waals surface area (Å²) < 4.78 is 0. The van der Waals surface area contributed by atoms with E-state index >= 15 is 0 Å². The van der Waals surface area contributed by atoms with Crippen LogP contribution >= 0.6 is 0 Å². The van der Waals surface area contributed by atoms with Crippen LogP contribution in [0.2, 0.25) is 0 Å². The second-order valence-corrected chi connectivity index (χ2v) is 5.09. The van der Waals surface area contributed by atoms with Gasteiger partial charge in [0.2, 0.25) is 5.91 Å². The number of carbonyl (C=O) groups is 2. The molecule has 2 heterocycles. The fraction of sp³-hybridized carbons (Fsp3) is 0.357. The van der Waals surface area contributed by atoms with Gasteiger partial charge in [-0.2, -0.15) is 5.10 Å². The van der Waals surface area contributed by atoms with Gasteiger partial charge in [0.15, 0.2) is 5.69 Å². The van der Waals surface area contributed by atoms with Crippen molar-refractivity contribution in [3.05, 3.63) is 23.9 Å². The number of hydrogen-bond acceptors (Lipinski definition) is 4. The van der Waals surface area contributed by atoms with Gasteiger partial charge in [-0.1, -0.05) is 6.92 Å². The van der Waals surface area contributed by atoms with Gasteiger partial charge in [0.1, 0.15) is 6.04 Å². The van der Waals surface area contributed by atoms with Crippen LogP contribution in [0.5, 0.6) is 0 Å². The number of hydrogen-bond donors (Lipinski definition) is 3. The van der Waals surface area contributed by atoms with Gasteiger partial charge in [0.25, 0.3) is 5.91 Å². The fourth-order valence-electron chi connectivity index (χ4n) is 2.69. The Kier molecular flexibility index (Phi) is 3.25. The number of carbonyl (C=O) groups excluding carboxylic acids is 2. The lowest BCUT2D eigenvalue weighted by atomic mass is 10.1. The van der Waals surface area contributed by atoms with Gasteiger partial charge in [-0.3, -0.25) is 14.7 Å². The monoisotopic (exact) mass is 287 g/mol. The molecule has 0 saturated carbocycles. The first-order chi connectivity index (χ1) is 10.1. The first-order valence-electron chi connectivity index (χ1n) is 6.94. The van der Waals surface area contributed by atoms with Crippen molar-refractivity contribution < 1.29 is 9.59 Å². The van der Waals surface area contributed by atoms with Crippen molar-refractivity contribution in [2.24, 2.45) is 0 Å². The normalized spacial score (nSPS) is 18.8. The van der Waals surface area contributed by atoms with Gasteiger partial charge in [-0.05, 0) is 24.6 Å². The molecule has 2 amide bonds.